The molecule has 0 saturated heterocycles. The van der Waals surface area contributed by atoms with Crippen molar-refractivity contribution >= 4 is 5.69 Å². The summed E-state index contributed by atoms with van der Waals surface area (Å²) in [6.45, 7) is 3.66. The standard InChI is InChI=1S/C10H11F4NO/c1-6(2)15-7-3-4-9(8(11)5-7)16-10(12,13)14/h3-6,15H,1-2H3. The van der Waals surface area contributed by atoms with E-state index in [-0.39, 0.29) is 6.04 Å². The van der Waals surface area contributed by atoms with E-state index in [2.05, 4.69) is 10.1 Å². The van der Waals surface area contributed by atoms with E-state index < -0.39 is 17.9 Å². The van der Waals surface area contributed by atoms with Gasteiger partial charge in [-0.05, 0) is 26.0 Å². The molecule has 0 unspecified atom stereocenters. The number of nitrogens with one attached hydrogen (secondary N) is 1. The molecule has 2 nitrogen and oxygen atoms in total. The van der Waals surface area contributed by atoms with Crippen LogP contribution < -0.4 is 10.1 Å². The van der Waals surface area contributed by atoms with Crippen LogP contribution in [0.1, 0.15) is 13.8 Å². The zero-order valence-electron chi connectivity index (χ0n) is 8.73. The Morgan fingerprint density at radius 2 is 1.88 bits per heavy atom. The quantitative estimate of drug-likeness (QED) is 0.812. The van der Waals surface area contributed by atoms with E-state index in [1.165, 1.54) is 6.07 Å². The molecule has 0 heterocycles. The molecule has 6 heteroatoms. The van der Waals surface area contributed by atoms with Crippen LogP contribution in [0.2, 0.25) is 0 Å². The first kappa shape index (κ1) is 12.6. The first-order valence-electron chi connectivity index (χ1n) is 4.60. The molecule has 0 fully saturated rings. The number of halogens is 4. The molecule has 0 aliphatic rings. The Hall–Kier alpha value is -1.46. The summed E-state index contributed by atoms with van der Waals surface area (Å²) in [7, 11) is 0. The van der Waals surface area contributed by atoms with Gasteiger partial charge in [0.05, 0.1) is 0 Å². The number of anilines is 1. The number of hydrogen-bond acceptors (Lipinski definition) is 2. The van der Waals surface area contributed by atoms with Crippen LogP contribution in [0.5, 0.6) is 5.75 Å². The number of alkyl halides is 3. The number of hydrogen-bond donors (Lipinski definition) is 1. The number of rotatable bonds is 3. The fourth-order valence-corrected chi connectivity index (χ4v) is 1.13. The SMILES string of the molecule is CC(C)Nc1ccc(OC(F)(F)F)c(F)c1. The van der Waals surface area contributed by atoms with E-state index in [9.17, 15) is 17.6 Å². The highest BCUT2D eigenvalue weighted by atomic mass is 19.4. The van der Waals surface area contributed by atoms with Gasteiger partial charge in [-0.25, -0.2) is 4.39 Å². The Kier molecular flexibility index (Phi) is 3.62. The lowest BCUT2D eigenvalue weighted by atomic mass is 10.2. The van der Waals surface area contributed by atoms with Gasteiger partial charge in [-0.3, -0.25) is 0 Å². The van der Waals surface area contributed by atoms with Crippen LogP contribution in [-0.2, 0) is 0 Å². The summed E-state index contributed by atoms with van der Waals surface area (Å²) in [4.78, 5) is 0. The van der Waals surface area contributed by atoms with E-state index in [0.29, 0.717) is 5.69 Å². The van der Waals surface area contributed by atoms with Gasteiger partial charge in [0.15, 0.2) is 11.6 Å². The summed E-state index contributed by atoms with van der Waals surface area (Å²) in [6, 6.07) is 3.28. The minimum atomic E-state index is -4.88. The zero-order valence-corrected chi connectivity index (χ0v) is 8.73. The van der Waals surface area contributed by atoms with Gasteiger partial charge in [0, 0.05) is 17.8 Å². The minimum Gasteiger partial charge on any atom is -0.403 e. The maximum absolute atomic E-state index is 13.2. The molecule has 0 amide bonds. The number of ether oxygens (including phenoxy) is 1. The molecule has 90 valence electrons. The van der Waals surface area contributed by atoms with E-state index >= 15 is 0 Å². The maximum Gasteiger partial charge on any atom is 0.573 e. The highest BCUT2D eigenvalue weighted by Gasteiger charge is 2.32. The van der Waals surface area contributed by atoms with Gasteiger partial charge in [-0.2, -0.15) is 0 Å². The normalized spacial score (nSPS) is 11.7. The molecule has 0 aromatic heterocycles. The van der Waals surface area contributed by atoms with Gasteiger partial charge in [0.1, 0.15) is 0 Å². The lowest BCUT2D eigenvalue weighted by Gasteiger charge is -2.13. The highest BCUT2D eigenvalue weighted by Crippen LogP contribution is 2.27. The van der Waals surface area contributed by atoms with Gasteiger partial charge < -0.3 is 10.1 Å². The van der Waals surface area contributed by atoms with Crippen molar-refractivity contribution in [3.05, 3.63) is 24.0 Å². The molecule has 0 bridgehead atoms. The van der Waals surface area contributed by atoms with Crippen molar-refractivity contribution in [3.63, 3.8) is 0 Å². The summed E-state index contributed by atoms with van der Waals surface area (Å²) in [6.07, 6.45) is -4.88. The van der Waals surface area contributed by atoms with Crippen molar-refractivity contribution in [1.29, 1.82) is 0 Å². The van der Waals surface area contributed by atoms with Gasteiger partial charge in [-0.15, -0.1) is 13.2 Å². The second-order valence-electron chi connectivity index (χ2n) is 3.49. The zero-order chi connectivity index (χ0) is 12.3. The van der Waals surface area contributed by atoms with Crippen molar-refractivity contribution in [3.8, 4) is 5.75 Å². The predicted molar refractivity (Wildman–Crippen MR) is 51.8 cm³/mol. The molecule has 1 aromatic carbocycles. The van der Waals surface area contributed by atoms with E-state index in [0.717, 1.165) is 12.1 Å². The summed E-state index contributed by atoms with van der Waals surface area (Å²) in [5, 5.41) is 2.86. The van der Waals surface area contributed by atoms with Crippen LogP contribution in [0.4, 0.5) is 23.2 Å². The first-order chi connectivity index (χ1) is 7.28. The van der Waals surface area contributed by atoms with Crippen molar-refractivity contribution in [2.45, 2.75) is 26.3 Å². The third-order valence-corrected chi connectivity index (χ3v) is 1.61. The molecule has 1 N–H and O–H groups in total. The van der Waals surface area contributed by atoms with Gasteiger partial charge in [0.2, 0.25) is 0 Å². The van der Waals surface area contributed by atoms with Crippen molar-refractivity contribution in [2.24, 2.45) is 0 Å². The Labute approximate surface area is 90.2 Å². The van der Waals surface area contributed by atoms with Crippen LogP contribution in [0, 0.1) is 5.82 Å². The fraction of sp³-hybridized carbons (Fsp3) is 0.400. The summed E-state index contributed by atoms with van der Waals surface area (Å²) in [5.41, 5.74) is 0.405. The molecule has 0 radical (unpaired) electrons. The molecule has 0 spiro atoms. The molecule has 1 aromatic rings. The van der Waals surface area contributed by atoms with Gasteiger partial charge in [0.25, 0.3) is 0 Å². The molecular weight excluding hydrogens is 226 g/mol. The third-order valence-electron chi connectivity index (χ3n) is 1.61. The fourth-order valence-electron chi connectivity index (χ4n) is 1.13. The van der Waals surface area contributed by atoms with E-state index in [4.69, 9.17) is 0 Å². The van der Waals surface area contributed by atoms with Crippen LogP contribution in [0.3, 0.4) is 0 Å². The van der Waals surface area contributed by atoms with Crippen molar-refractivity contribution in [1.82, 2.24) is 0 Å². The molecule has 1 rings (SSSR count). The maximum atomic E-state index is 13.2. The van der Waals surface area contributed by atoms with E-state index in [1.54, 1.807) is 0 Å². The number of benzene rings is 1. The lowest BCUT2D eigenvalue weighted by molar-refractivity contribution is -0.275. The molecule has 16 heavy (non-hydrogen) atoms. The van der Waals surface area contributed by atoms with Crippen molar-refractivity contribution in [2.75, 3.05) is 5.32 Å². The van der Waals surface area contributed by atoms with Crippen LogP contribution >= 0.6 is 0 Å². The van der Waals surface area contributed by atoms with Crippen LogP contribution in [-0.4, -0.2) is 12.4 Å². The Morgan fingerprint density at radius 3 is 2.31 bits per heavy atom. The average Bonchev–Trinajstić information content (AvgIpc) is 2.06. The minimum absolute atomic E-state index is 0.0637. The lowest BCUT2D eigenvalue weighted by Crippen LogP contribution is -2.18. The molecule has 0 aliphatic heterocycles. The van der Waals surface area contributed by atoms with Gasteiger partial charge >= 0.3 is 6.36 Å². The topological polar surface area (TPSA) is 21.3 Å². The predicted octanol–water partition coefficient (Wildman–Crippen LogP) is 3.54. The molecule has 0 aliphatic carbocycles. The highest BCUT2D eigenvalue weighted by molar-refractivity contribution is 5.47. The largest absolute Gasteiger partial charge is 0.573 e. The second-order valence-corrected chi connectivity index (χ2v) is 3.49. The van der Waals surface area contributed by atoms with Crippen molar-refractivity contribution < 1.29 is 22.3 Å². The van der Waals surface area contributed by atoms with Gasteiger partial charge in [-0.1, -0.05) is 0 Å². The first-order valence-corrected chi connectivity index (χ1v) is 4.60. The third kappa shape index (κ3) is 3.96. The average molecular weight is 237 g/mol. The molecular formula is C10H11F4NO. The Bertz CT molecular complexity index is 362. The van der Waals surface area contributed by atoms with E-state index in [1.807, 2.05) is 13.8 Å². The smallest absolute Gasteiger partial charge is 0.403 e. The summed E-state index contributed by atoms with van der Waals surface area (Å²) in [5.74, 6) is -1.88. The van der Waals surface area contributed by atoms with Crippen LogP contribution in [0.25, 0.3) is 0 Å². The molecule has 0 atom stereocenters. The second kappa shape index (κ2) is 4.59. The Balaban J connectivity index is 2.83. The van der Waals surface area contributed by atoms with Crippen LogP contribution in [0.15, 0.2) is 18.2 Å². The summed E-state index contributed by atoms with van der Waals surface area (Å²) >= 11 is 0. The Morgan fingerprint density at radius 1 is 1.25 bits per heavy atom. The summed E-state index contributed by atoms with van der Waals surface area (Å²) < 4.78 is 52.1. The molecule has 0 saturated carbocycles. The monoisotopic (exact) mass is 237 g/mol.